The van der Waals surface area contributed by atoms with Gasteiger partial charge in [0, 0.05) is 16.3 Å². The van der Waals surface area contributed by atoms with E-state index in [9.17, 15) is 14.4 Å². The van der Waals surface area contributed by atoms with Gasteiger partial charge in [0.2, 0.25) is 5.75 Å². The lowest BCUT2D eigenvalue weighted by molar-refractivity contribution is 0.0520. The molecule has 12 heteroatoms. The van der Waals surface area contributed by atoms with Crippen LogP contribution in [0.3, 0.4) is 0 Å². The number of benzene rings is 2. The summed E-state index contributed by atoms with van der Waals surface area (Å²) in [6, 6.07) is 9.58. The van der Waals surface area contributed by atoms with Crippen molar-refractivity contribution in [2.75, 3.05) is 40.4 Å². The van der Waals surface area contributed by atoms with E-state index in [0.717, 1.165) is 16.0 Å². The largest absolute Gasteiger partial charge is 0.497 e. The fraction of sp³-hybridized carbons (Fsp3) is 0.231. The number of methoxy groups -OCH3 is 4. The summed E-state index contributed by atoms with van der Waals surface area (Å²) in [6.07, 6.45) is 0. The smallest absolute Gasteiger partial charge is 0.359 e. The van der Waals surface area contributed by atoms with Crippen molar-refractivity contribution < 1.29 is 33.3 Å². The Morgan fingerprint density at radius 2 is 1.63 bits per heavy atom. The molecule has 1 N–H and O–H groups in total. The number of nitrogens with zero attached hydrogens (tertiary/aromatic N) is 2. The van der Waals surface area contributed by atoms with Crippen LogP contribution in [0.1, 0.15) is 27.8 Å². The highest BCUT2D eigenvalue weighted by Gasteiger charge is 2.24. The minimum absolute atomic E-state index is 0.0539. The number of nitrogens with one attached hydrogen (secondary N) is 1. The van der Waals surface area contributed by atoms with Gasteiger partial charge in [0.25, 0.3) is 11.5 Å². The zero-order chi connectivity index (χ0) is 27.4. The summed E-state index contributed by atoms with van der Waals surface area (Å²) in [5.41, 5.74) is 0.0222. The molecule has 0 aliphatic heterocycles. The molecule has 0 spiro atoms. The van der Waals surface area contributed by atoms with Crippen LogP contribution in [0.5, 0.6) is 23.0 Å². The lowest BCUT2D eigenvalue weighted by Gasteiger charge is -2.14. The Hall–Kier alpha value is -4.58. The van der Waals surface area contributed by atoms with Crippen LogP contribution >= 0.6 is 11.3 Å². The van der Waals surface area contributed by atoms with Crippen molar-refractivity contribution >= 4 is 39.0 Å². The Bertz CT molecular complexity index is 1530. The molecule has 0 bridgehead atoms. The number of aromatic nitrogens is 2. The van der Waals surface area contributed by atoms with E-state index in [1.165, 1.54) is 40.6 Å². The highest BCUT2D eigenvalue weighted by Crippen LogP contribution is 2.39. The van der Waals surface area contributed by atoms with Gasteiger partial charge in [-0.2, -0.15) is 9.78 Å². The van der Waals surface area contributed by atoms with Crippen LogP contribution in [0, 0.1) is 0 Å². The van der Waals surface area contributed by atoms with Gasteiger partial charge in [-0.25, -0.2) is 4.79 Å². The molecule has 0 atom stereocenters. The van der Waals surface area contributed by atoms with Gasteiger partial charge < -0.3 is 29.0 Å². The molecule has 2 heterocycles. The van der Waals surface area contributed by atoms with Gasteiger partial charge in [-0.05, 0) is 43.3 Å². The topological polar surface area (TPSA) is 127 Å². The molecule has 0 saturated heterocycles. The van der Waals surface area contributed by atoms with Crippen molar-refractivity contribution in [1.29, 1.82) is 0 Å². The summed E-state index contributed by atoms with van der Waals surface area (Å²) in [5.74, 6) is 0.285. The second-order valence-corrected chi connectivity index (χ2v) is 8.59. The molecule has 2 aromatic carbocycles. The SMILES string of the molecule is CCOC(=O)c1nn(-c2ccc(OC)cc2)c(=O)c2c(NC(=O)c3cc(OC)c(OC)c(OC)c3)scc12. The van der Waals surface area contributed by atoms with Crippen LogP contribution in [0.4, 0.5) is 5.00 Å². The van der Waals surface area contributed by atoms with Gasteiger partial charge in [-0.1, -0.05) is 0 Å². The third kappa shape index (κ3) is 4.85. The van der Waals surface area contributed by atoms with Gasteiger partial charge in [-0.3, -0.25) is 9.59 Å². The molecule has 4 rings (SSSR count). The van der Waals surface area contributed by atoms with E-state index >= 15 is 0 Å². The first-order valence-corrected chi connectivity index (χ1v) is 12.2. The first kappa shape index (κ1) is 26.5. The number of amides is 1. The molecule has 1 amide bonds. The molecule has 0 unspecified atom stereocenters. The minimum Gasteiger partial charge on any atom is -0.497 e. The third-order valence-electron chi connectivity index (χ3n) is 5.59. The predicted molar refractivity (Wildman–Crippen MR) is 142 cm³/mol. The minimum atomic E-state index is -0.694. The molecule has 0 aliphatic rings. The number of rotatable bonds is 9. The Morgan fingerprint density at radius 3 is 2.18 bits per heavy atom. The number of hydrogen-bond acceptors (Lipinski definition) is 10. The fourth-order valence-corrected chi connectivity index (χ4v) is 4.71. The van der Waals surface area contributed by atoms with Crippen molar-refractivity contribution in [3.8, 4) is 28.7 Å². The first-order chi connectivity index (χ1) is 18.4. The predicted octanol–water partition coefficient (Wildman–Crippen LogP) is 3.91. The van der Waals surface area contributed by atoms with E-state index in [2.05, 4.69) is 10.4 Å². The molecular formula is C26H25N3O8S. The van der Waals surface area contributed by atoms with E-state index < -0.39 is 17.4 Å². The van der Waals surface area contributed by atoms with E-state index in [1.54, 1.807) is 36.6 Å². The standard InChI is InChI=1S/C26H25N3O8S/c1-6-37-26(32)21-17-13-38-24(20(17)25(31)29(28-21)15-7-9-16(33-2)10-8-15)27-23(30)14-11-18(34-3)22(36-5)19(12-14)35-4/h7-13H,6H2,1-5H3,(H,27,30). The maximum atomic E-state index is 13.6. The van der Waals surface area contributed by atoms with Gasteiger partial charge in [-0.15, -0.1) is 11.3 Å². The number of anilines is 1. The van der Waals surface area contributed by atoms with Gasteiger partial charge in [0.05, 0.1) is 46.1 Å². The van der Waals surface area contributed by atoms with Crippen LogP contribution < -0.4 is 29.8 Å². The van der Waals surface area contributed by atoms with Crippen molar-refractivity contribution in [3.05, 3.63) is 63.4 Å². The molecule has 0 aliphatic carbocycles. The number of hydrogen-bond donors (Lipinski definition) is 1. The molecule has 11 nitrogen and oxygen atoms in total. The maximum absolute atomic E-state index is 13.6. The second-order valence-electron chi connectivity index (χ2n) is 7.71. The number of ether oxygens (including phenoxy) is 5. The van der Waals surface area contributed by atoms with Crippen molar-refractivity contribution in [2.45, 2.75) is 6.92 Å². The van der Waals surface area contributed by atoms with Crippen molar-refractivity contribution in [2.24, 2.45) is 0 Å². The van der Waals surface area contributed by atoms with Crippen molar-refractivity contribution in [1.82, 2.24) is 9.78 Å². The number of carbonyl (C=O) groups is 2. The normalized spacial score (nSPS) is 10.7. The summed E-state index contributed by atoms with van der Waals surface area (Å²) in [4.78, 5) is 39.6. The average molecular weight is 540 g/mol. The molecule has 0 radical (unpaired) electrons. The number of esters is 1. The Kier molecular flexibility index (Phi) is 7.82. The highest BCUT2D eigenvalue weighted by atomic mass is 32.1. The highest BCUT2D eigenvalue weighted by molar-refractivity contribution is 7.16. The number of thiophene rings is 1. The van der Waals surface area contributed by atoms with E-state index in [1.807, 2.05) is 0 Å². The lowest BCUT2D eigenvalue weighted by atomic mass is 10.1. The van der Waals surface area contributed by atoms with Crippen LogP contribution in [0.2, 0.25) is 0 Å². The molecular weight excluding hydrogens is 514 g/mol. The Labute approximate surface area is 221 Å². The summed E-state index contributed by atoms with van der Waals surface area (Å²) in [6.45, 7) is 1.80. The van der Waals surface area contributed by atoms with Crippen LogP contribution in [0.15, 0.2) is 46.6 Å². The van der Waals surface area contributed by atoms with E-state index in [4.69, 9.17) is 23.7 Å². The second kappa shape index (κ2) is 11.2. The zero-order valence-electron chi connectivity index (χ0n) is 21.3. The maximum Gasteiger partial charge on any atom is 0.359 e. The van der Waals surface area contributed by atoms with Gasteiger partial charge >= 0.3 is 5.97 Å². The molecule has 4 aromatic rings. The van der Waals surface area contributed by atoms with Crippen LogP contribution in [-0.2, 0) is 4.74 Å². The Morgan fingerprint density at radius 1 is 0.974 bits per heavy atom. The lowest BCUT2D eigenvalue weighted by Crippen LogP contribution is -2.25. The zero-order valence-corrected chi connectivity index (χ0v) is 22.1. The quantitative estimate of drug-likeness (QED) is 0.315. The third-order valence-corrected chi connectivity index (χ3v) is 6.49. The molecule has 198 valence electrons. The first-order valence-electron chi connectivity index (χ1n) is 11.3. The summed E-state index contributed by atoms with van der Waals surface area (Å²) < 4.78 is 27.4. The summed E-state index contributed by atoms with van der Waals surface area (Å²) >= 11 is 1.09. The molecule has 38 heavy (non-hydrogen) atoms. The Balaban J connectivity index is 1.84. The van der Waals surface area contributed by atoms with Gasteiger partial charge in [0.1, 0.15) is 10.8 Å². The van der Waals surface area contributed by atoms with E-state index in [-0.39, 0.29) is 33.6 Å². The molecule has 0 saturated carbocycles. The van der Waals surface area contributed by atoms with Crippen LogP contribution in [0.25, 0.3) is 16.5 Å². The van der Waals surface area contributed by atoms with Gasteiger partial charge in [0.15, 0.2) is 17.2 Å². The number of fused-ring (bicyclic) bond motifs is 1. The average Bonchev–Trinajstić information content (AvgIpc) is 3.36. The fourth-order valence-electron chi connectivity index (χ4n) is 3.78. The monoisotopic (exact) mass is 539 g/mol. The summed E-state index contributed by atoms with van der Waals surface area (Å²) in [5, 5.41) is 9.27. The molecule has 2 aromatic heterocycles. The van der Waals surface area contributed by atoms with Crippen molar-refractivity contribution in [3.63, 3.8) is 0 Å². The van der Waals surface area contributed by atoms with Crippen LogP contribution in [-0.4, -0.2) is 56.7 Å². The number of carbonyl (C=O) groups excluding carboxylic acids is 2. The van der Waals surface area contributed by atoms with E-state index in [0.29, 0.717) is 28.7 Å². The summed E-state index contributed by atoms with van der Waals surface area (Å²) in [7, 11) is 5.87. The molecule has 0 fully saturated rings.